The van der Waals surface area contributed by atoms with Gasteiger partial charge >= 0.3 is 0 Å². The molecule has 19 heavy (non-hydrogen) atoms. The molecule has 6 nitrogen and oxygen atoms in total. The van der Waals surface area contributed by atoms with Gasteiger partial charge in [0.1, 0.15) is 16.7 Å². The van der Waals surface area contributed by atoms with Crippen molar-refractivity contribution in [2.24, 2.45) is 5.84 Å². The lowest BCUT2D eigenvalue weighted by molar-refractivity contribution is 0.809. The molecule has 0 radical (unpaired) electrons. The summed E-state index contributed by atoms with van der Waals surface area (Å²) in [4.78, 5) is 17.3. The number of hydrazine groups is 1. The Kier molecular flexibility index (Phi) is 4.64. The standard InChI is InChI=1S/C12H16N6S/c1-3-4-9-16-10(18-13)5-11(17-9)19-12-14-6-8(2)7-15-12/h5-7H,3-4,13H2,1-2H3,(H,16,17,18). The molecule has 0 aromatic carbocycles. The molecule has 0 aliphatic carbocycles. The lowest BCUT2D eigenvalue weighted by Gasteiger charge is -2.06. The van der Waals surface area contributed by atoms with Gasteiger partial charge in [0, 0.05) is 24.9 Å². The molecule has 0 spiro atoms. The fraction of sp³-hybridized carbons (Fsp3) is 0.333. The average Bonchev–Trinajstić information content (AvgIpc) is 2.41. The van der Waals surface area contributed by atoms with E-state index in [9.17, 15) is 0 Å². The van der Waals surface area contributed by atoms with E-state index in [0.717, 1.165) is 29.3 Å². The maximum absolute atomic E-state index is 5.42. The topological polar surface area (TPSA) is 89.6 Å². The summed E-state index contributed by atoms with van der Waals surface area (Å²) < 4.78 is 0. The van der Waals surface area contributed by atoms with Crippen LogP contribution < -0.4 is 11.3 Å². The van der Waals surface area contributed by atoms with Crippen molar-refractivity contribution in [3.05, 3.63) is 29.8 Å². The number of nitrogens with two attached hydrogens (primary N) is 1. The first-order valence-electron chi connectivity index (χ1n) is 6.02. The minimum absolute atomic E-state index is 0.605. The van der Waals surface area contributed by atoms with Crippen LogP contribution in [0.5, 0.6) is 0 Å². The van der Waals surface area contributed by atoms with Crippen LogP contribution in [0, 0.1) is 6.92 Å². The first kappa shape index (κ1) is 13.7. The molecule has 2 aromatic rings. The van der Waals surface area contributed by atoms with Crippen molar-refractivity contribution in [3.8, 4) is 0 Å². The molecule has 0 bridgehead atoms. The summed E-state index contributed by atoms with van der Waals surface area (Å²) in [6.45, 7) is 4.04. The number of aryl methyl sites for hydroxylation is 2. The summed E-state index contributed by atoms with van der Waals surface area (Å²) in [5, 5.41) is 1.45. The van der Waals surface area contributed by atoms with Crippen LogP contribution in [0.25, 0.3) is 0 Å². The van der Waals surface area contributed by atoms with E-state index in [1.165, 1.54) is 11.8 Å². The smallest absolute Gasteiger partial charge is 0.193 e. The van der Waals surface area contributed by atoms with Crippen LogP contribution in [0.15, 0.2) is 28.6 Å². The van der Waals surface area contributed by atoms with Crippen LogP contribution in [-0.4, -0.2) is 19.9 Å². The van der Waals surface area contributed by atoms with Crippen molar-refractivity contribution in [1.29, 1.82) is 0 Å². The van der Waals surface area contributed by atoms with Gasteiger partial charge in [0.05, 0.1) is 0 Å². The second kappa shape index (κ2) is 6.44. The van der Waals surface area contributed by atoms with Crippen LogP contribution in [0.2, 0.25) is 0 Å². The number of nitrogen functional groups attached to an aromatic ring is 1. The van der Waals surface area contributed by atoms with Crippen molar-refractivity contribution in [2.45, 2.75) is 36.9 Å². The first-order chi connectivity index (χ1) is 9.21. The maximum Gasteiger partial charge on any atom is 0.193 e. The largest absolute Gasteiger partial charge is 0.308 e. The van der Waals surface area contributed by atoms with Gasteiger partial charge in [0.15, 0.2) is 5.16 Å². The summed E-state index contributed by atoms with van der Waals surface area (Å²) in [7, 11) is 0. The van der Waals surface area contributed by atoms with Gasteiger partial charge in [-0.25, -0.2) is 25.8 Å². The third-order valence-electron chi connectivity index (χ3n) is 2.32. The average molecular weight is 276 g/mol. The van der Waals surface area contributed by atoms with Gasteiger partial charge in [-0.2, -0.15) is 0 Å². The lowest BCUT2D eigenvalue weighted by atomic mass is 10.3. The summed E-state index contributed by atoms with van der Waals surface area (Å²) in [6, 6.07) is 1.78. The van der Waals surface area contributed by atoms with E-state index in [1.54, 1.807) is 18.5 Å². The highest BCUT2D eigenvalue weighted by Gasteiger charge is 2.07. The van der Waals surface area contributed by atoms with Gasteiger partial charge in [-0.3, -0.25) is 0 Å². The van der Waals surface area contributed by atoms with Crippen LogP contribution in [-0.2, 0) is 6.42 Å². The molecule has 2 heterocycles. The van der Waals surface area contributed by atoms with Crippen molar-refractivity contribution in [3.63, 3.8) is 0 Å². The predicted molar refractivity (Wildman–Crippen MR) is 74.7 cm³/mol. The highest BCUT2D eigenvalue weighted by Crippen LogP contribution is 2.24. The van der Waals surface area contributed by atoms with E-state index in [4.69, 9.17) is 5.84 Å². The van der Waals surface area contributed by atoms with Crippen molar-refractivity contribution in [2.75, 3.05) is 5.43 Å². The Morgan fingerprint density at radius 2 is 2.00 bits per heavy atom. The molecule has 0 aliphatic rings. The fourth-order valence-corrected chi connectivity index (χ4v) is 2.18. The molecule has 2 rings (SSSR count). The minimum atomic E-state index is 0.605. The molecule has 2 aromatic heterocycles. The number of aromatic nitrogens is 4. The summed E-state index contributed by atoms with van der Waals surface area (Å²) >= 11 is 1.40. The third-order valence-corrected chi connectivity index (χ3v) is 3.14. The number of hydrogen-bond donors (Lipinski definition) is 2. The molecule has 0 unspecified atom stereocenters. The van der Waals surface area contributed by atoms with E-state index in [0.29, 0.717) is 11.0 Å². The molecular formula is C12H16N6S. The van der Waals surface area contributed by atoms with Gasteiger partial charge in [-0.15, -0.1) is 0 Å². The fourth-order valence-electron chi connectivity index (χ4n) is 1.46. The zero-order chi connectivity index (χ0) is 13.7. The van der Waals surface area contributed by atoms with Gasteiger partial charge in [0.2, 0.25) is 0 Å². The van der Waals surface area contributed by atoms with Gasteiger partial charge in [0.25, 0.3) is 0 Å². The molecule has 100 valence electrons. The Bertz CT molecular complexity index is 542. The maximum atomic E-state index is 5.42. The molecule has 7 heteroatoms. The van der Waals surface area contributed by atoms with E-state index in [2.05, 4.69) is 32.3 Å². The van der Waals surface area contributed by atoms with Gasteiger partial charge < -0.3 is 5.43 Å². The Morgan fingerprint density at radius 3 is 2.63 bits per heavy atom. The Labute approximate surface area is 116 Å². The van der Waals surface area contributed by atoms with Crippen molar-refractivity contribution >= 4 is 17.6 Å². The second-order valence-corrected chi connectivity index (χ2v) is 5.03. The van der Waals surface area contributed by atoms with E-state index >= 15 is 0 Å². The lowest BCUT2D eigenvalue weighted by Crippen LogP contribution is -2.10. The number of anilines is 1. The first-order valence-corrected chi connectivity index (χ1v) is 6.84. The number of nitrogens with zero attached hydrogens (tertiary/aromatic N) is 4. The zero-order valence-corrected chi connectivity index (χ0v) is 11.7. The van der Waals surface area contributed by atoms with Crippen LogP contribution >= 0.6 is 11.8 Å². The summed E-state index contributed by atoms with van der Waals surface area (Å²) in [6.07, 6.45) is 5.37. The molecule has 0 saturated carbocycles. The highest BCUT2D eigenvalue weighted by molar-refractivity contribution is 7.99. The van der Waals surface area contributed by atoms with Crippen LogP contribution in [0.3, 0.4) is 0 Å². The molecule has 0 saturated heterocycles. The zero-order valence-electron chi connectivity index (χ0n) is 10.9. The quantitative estimate of drug-likeness (QED) is 0.373. The van der Waals surface area contributed by atoms with Crippen molar-refractivity contribution < 1.29 is 0 Å². The predicted octanol–water partition coefficient (Wildman–Crippen LogP) is 1.96. The summed E-state index contributed by atoms with van der Waals surface area (Å²) in [5.74, 6) is 6.79. The SMILES string of the molecule is CCCc1nc(NN)cc(Sc2ncc(C)cn2)n1. The van der Waals surface area contributed by atoms with Gasteiger partial charge in [-0.1, -0.05) is 6.92 Å². The molecule has 0 fully saturated rings. The monoisotopic (exact) mass is 276 g/mol. The second-order valence-electron chi connectivity index (χ2n) is 4.05. The molecule has 3 N–H and O–H groups in total. The summed E-state index contributed by atoms with van der Waals surface area (Å²) in [5.41, 5.74) is 3.59. The molecular weight excluding hydrogens is 260 g/mol. The molecule has 0 amide bonds. The van der Waals surface area contributed by atoms with E-state index in [1.807, 2.05) is 6.92 Å². The van der Waals surface area contributed by atoms with E-state index < -0.39 is 0 Å². The van der Waals surface area contributed by atoms with Crippen LogP contribution in [0.1, 0.15) is 24.7 Å². The number of hydrogen-bond acceptors (Lipinski definition) is 7. The third kappa shape index (κ3) is 3.87. The Morgan fingerprint density at radius 1 is 1.26 bits per heavy atom. The highest BCUT2D eigenvalue weighted by atomic mass is 32.2. The van der Waals surface area contributed by atoms with Gasteiger partial charge in [-0.05, 0) is 30.7 Å². The minimum Gasteiger partial charge on any atom is -0.308 e. The Balaban J connectivity index is 2.23. The van der Waals surface area contributed by atoms with E-state index in [-0.39, 0.29) is 0 Å². The number of nitrogens with one attached hydrogen (secondary N) is 1. The van der Waals surface area contributed by atoms with Crippen molar-refractivity contribution in [1.82, 2.24) is 19.9 Å². The Hall–Kier alpha value is -1.73. The molecule has 0 aliphatic heterocycles. The normalized spacial score (nSPS) is 10.5. The molecule has 0 atom stereocenters. The number of rotatable bonds is 5. The van der Waals surface area contributed by atoms with Crippen LogP contribution in [0.4, 0.5) is 5.82 Å².